The molecule has 3 N–H and O–H groups in total. The van der Waals surface area contributed by atoms with Crippen molar-refractivity contribution in [2.24, 2.45) is 0 Å². The second kappa shape index (κ2) is 8.17. The Kier molecular flexibility index (Phi) is 5.00. The lowest BCUT2D eigenvalue weighted by Gasteiger charge is -2.31. The topological polar surface area (TPSA) is 77.7 Å². The van der Waals surface area contributed by atoms with Gasteiger partial charge in [-0.15, -0.1) is 0 Å². The monoisotopic (exact) mass is 440 g/mol. The first-order valence-corrected chi connectivity index (χ1v) is 11.6. The number of rotatable bonds is 4. The molecule has 2 aliphatic heterocycles. The number of β-amino-alcohol motifs (C(OH)–C–C–N with tert-alkyl or cyclic N) is 1. The SMILES string of the molecule is Cc1ccn2c(-c3ccc(Nc4ccc(N5CCC[C@@H](O)C5)cn4)c4c3CNC4)cnc2c1. The number of aryl methyl sites for hydroxylation is 1. The van der Waals surface area contributed by atoms with E-state index in [9.17, 15) is 5.11 Å². The van der Waals surface area contributed by atoms with Crippen LogP contribution in [0.5, 0.6) is 0 Å². The number of aliphatic hydroxyl groups excluding tert-OH is 1. The zero-order chi connectivity index (χ0) is 22.4. The molecule has 4 aromatic rings. The van der Waals surface area contributed by atoms with Crippen molar-refractivity contribution in [3.05, 3.63) is 71.7 Å². The van der Waals surface area contributed by atoms with Gasteiger partial charge in [0.05, 0.1) is 29.9 Å². The van der Waals surface area contributed by atoms with E-state index in [-0.39, 0.29) is 6.10 Å². The predicted molar refractivity (Wildman–Crippen MR) is 131 cm³/mol. The van der Waals surface area contributed by atoms with Crippen LogP contribution in [0.15, 0.2) is 55.0 Å². The third-order valence-corrected chi connectivity index (χ3v) is 6.75. The summed E-state index contributed by atoms with van der Waals surface area (Å²) in [5.74, 6) is 0.823. The van der Waals surface area contributed by atoms with Crippen LogP contribution < -0.4 is 15.5 Å². The number of anilines is 3. The molecule has 7 nitrogen and oxygen atoms in total. The number of imidazole rings is 1. The molecule has 0 unspecified atom stereocenters. The second-order valence-corrected chi connectivity index (χ2v) is 9.07. The highest BCUT2D eigenvalue weighted by atomic mass is 16.3. The van der Waals surface area contributed by atoms with Crippen LogP contribution in [0.25, 0.3) is 16.9 Å². The van der Waals surface area contributed by atoms with Gasteiger partial charge in [-0.05, 0) is 66.8 Å². The minimum absolute atomic E-state index is 0.248. The smallest absolute Gasteiger partial charge is 0.137 e. The third-order valence-electron chi connectivity index (χ3n) is 6.75. The number of hydrogen-bond acceptors (Lipinski definition) is 6. The van der Waals surface area contributed by atoms with Crippen molar-refractivity contribution in [3.63, 3.8) is 0 Å². The molecular weight excluding hydrogens is 412 g/mol. The fourth-order valence-corrected chi connectivity index (χ4v) is 5.02. The van der Waals surface area contributed by atoms with E-state index >= 15 is 0 Å². The minimum atomic E-state index is -0.248. The fourth-order valence-electron chi connectivity index (χ4n) is 5.02. The number of fused-ring (bicyclic) bond motifs is 2. The quantitative estimate of drug-likeness (QED) is 0.445. The summed E-state index contributed by atoms with van der Waals surface area (Å²) in [4.78, 5) is 11.5. The number of aromatic nitrogens is 3. The molecule has 0 saturated carbocycles. The number of nitrogens with zero attached hydrogens (tertiary/aromatic N) is 4. The summed E-state index contributed by atoms with van der Waals surface area (Å²) in [6, 6.07) is 12.7. The van der Waals surface area contributed by atoms with E-state index in [1.54, 1.807) is 0 Å². The van der Waals surface area contributed by atoms with Crippen LogP contribution in [-0.2, 0) is 13.1 Å². The second-order valence-electron chi connectivity index (χ2n) is 9.07. The summed E-state index contributed by atoms with van der Waals surface area (Å²) < 4.78 is 2.16. The largest absolute Gasteiger partial charge is 0.391 e. The zero-order valence-electron chi connectivity index (χ0n) is 18.8. The maximum atomic E-state index is 9.96. The number of nitrogens with one attached hydrogen (secondary N) is 2. The number of benzene rings is 1. The van der Waals surface area contributed by atoms with Gasteiger partial charge in [0, 0.05) is 43.6 Å². The fraction of sp³-hybridized carbons (Fsp3) is 0.308. The summed E-state index contributed by atoms with van der Waals surface area (Å²) in [5, 5.41) is 17.0. The molecule has 168 valence electrons. The molecule has 0 spiro atoms. The molecule has 3 aromatic heterocycles. The van der Waals surface area contributed by atoms with Crippen molar-refractivity contribution < 1.29 is 5.11 Å². The summed E-state index contributed by atoms with van der Waals surface area (Å²) in [5.41, 5.74) is 9.23. The maximum absolute atomic E-state index is 9.96. The standard InChI is InChI=1S/C26H28N6O/c1-17-8-10-32-24(15-29-26(32)11-17)20-5-6-23(22-14-27-13-21(20)22)30-25-7-4-18(12-28-25)31-9-2-3-19(33)16-31/h4-8,10-12,15,19,27,33H,2-3,9,13-14,16H2,1H3,(H,28,30)/t19-/m1/s1. The van der Waals surface area contributed by atoms with Gasteiger partial charge in [-0.3, -0.25) is 4.40 Å². The number of aliphatic hydroxyl groups is 1. The molecule has 0 bridgehead atoms. The van der Waals surface area contributed by atoms with E-state index in [0.717, 1.165) is 61.0 Å². The molecule has 1 saturated heterocycles. The Morgan fingerprint density at radius 3 is 2.82 bits per heavy atom. The van der Waals surface area contributed by atoms with Gasteiger partial charge >= 0.3 is 0 Å². The van der Waals surface area contributed by atoms with E-state index < -0.39 is 0 Å². The average Bonchev–Trinajstić information content (AvgIpc) is 3.47. The van der Waals surface area contributed by atoms with Crippen LogP contribution in [0.1, 0.15) is 29.5 Å². The van der Waals surface area contributed by atoms with Gasteiger partial charge in [-0.25, -0.2) is 9.97 Å². The van der Waals surface area contributed by atoms with Crippen molar-refractivity contribution in [1.82, 2.24) is 19.7 Å². The summed E-state index contributed by atoms with van der Waals surface area (Å²) in [6.07, 6.45) is 7.61. The van der Waals surface area contributed by atoms with Crippen molar-refractivity contribution in [1.29, 1.82) is 0 Å². The molecule has 6 rings (SSSR count). The lowest BCUT2D eigenvalue weighted by atomic mass is 9.99. The molecule has 33 heavy (non-hydrogen) atoms. The van der Waals surface area contributed by atoms with Crippen molar-refractivity contribution in [3.8, 4) is 11.3 Å². The van der Waals surface area contributed by atoms with E-state index in [0.29, 0.717) is 6.54 Å². The highest BCUT2D eigenvalue weighted by molar-refractivity contribution is 5.76. The Hall–Kier alpha value is -3.42. The van der Waals surface area contributed by atoms with Gasteiger partial charge in [0.2, 0.25) is 0 Å². The van der Waals surface area contributed by atoms with Crippen LogP contribution in [0.3, 0.4) is 0 Å². The van der Waals surface area contributed by atoms with Gasteiger partial charge < -0.3 is 20.6 Å². The lowest BCUT2D eigenvalue weighted by Crippen LogP contribution is -2.38. The Labute approximate surface area is 193 Å². The summed E-state index contributed by atoms with van der Waals surface area (Å²) >= 11 is 0. The lowest BCUT2D eigenvalue weighted by molar-refractivity contribution is 0.154. The Balaban J connectivity index is 1.28. The molecular formula is C26H28N6O. The first-order valence-electron chi connectivity index (χ1n) is 11.6. The summed E-state index contributed by atoms with van der Waals surface area (Å²) in [7, 11) is 0. The summed E-state index contributed by atoms with van der Waals surface area (Å²) in [6.45, 7) is 5.40. The van der Waals surface area contributed by atoms with Gasteiger partial charge in [0.15, 0.2) is 0 Å². The first-order chi connectivity index (χ1) is 16.2. The van der Waals surface area contributed by atoms with Crippen LogP contribution in [-0.4, -0.2) is 38.7 Å². The predicted octanol–water partition coefficient (Wildman–Crippen LogP) is 4.01. The normalized spacial score (nSPS) is 18.0. The van der Waals surface area contributed by atoms with E-state index in [1.165, 1.54) is 22.3 Å². The molecule has 5 heterocycles. The molecule has 7 heteroatoms. The molecule has 1 aromatic carbocycles. The third kappa shape index (κ3) is 3.73. The van der Waals surface area contributed by atoms with Crippen LogP contribution >= 0.6 is 0 Å². The molecule has 0 aliphatic carbocycles. The number of pyridine rings is 2. The number of hydrogen-bond donors (Lipinski definition) is 3. The Bertz CT molecular complexity index is 1310. The first kappa shape index (κ1) is 20.2. The molecule has 2 aliphatic rings. The van der Waals surface area contributed by atoms with Crippen LogP contribution in [0.2, 0.25) is 0 Å². The van der Waals surface area contributed by atoms with Gasteiger partial charge in [0.1, 0.15) is 11.5 Å². The molecule has 0 radical (unpaired) electrons. The molecule has 1 atom stereocenters. The van der Waals surface area contributed by atoms with E-state index in [1.807, 2.05) is 18.5 Å². The van der Waals surface area contributed by atoms with Crippen LogP contribution in [0.4, 0.5) is 17.2 Å². The molecule has 1 fully saturated rings. The van der Waals surface area contributed by atoms with Gasteiger partial charge in [-0.1, -0.05) is 6.07 Å². The van der Waals surface area contributed by atoms with Crippen LogP contribution in [0, 0.1) is 6.92 Å². The van der Waals surface area contributed by atoms with Gasteiger partial charge in [-0.2, -0.15) is 0 Å². The Morgan fingerprint density at radius 2 is 1.97 bits per heavy atom. The van der Waals surface area contributed by atoms with E-state index in [2.05, 4.69) is 73.4 Å². The highest BCUT2D eigenvalue weighted by Crippen LogP contribution is 2.35. The van der Waals surface area contributed by atoms with Crippen molar-refractivity contribution in [2.75, 3.05) is 23.3 Å². The van der Waals surface area contributed by atoms with Crippen molar-refractivity contribution in [2.45, 2.75) is 39.0 Å². The molecule has 0 amide bonds. The van der Waals surface area contributed by atoms with E-state index in [4.69, 9.17) is 0 Å². The number of piperidine rings is 1. The average molecular weight is 441 g/mol. The zero-order valence-corrected chi connectivity index (χ0v) is 18.8. The maximum Gasteiger partial charge on any atom is 0.137 e. The van der Waals surface area contributed by atoms with Crippen molar-refractivity contribution >= 4 is 22.8 Å². The Morgan fingerprint density at radius 1 is 1.06 bits per heavy atom. The highest BCUT2D eigenvalue weighted by Gasteiger charge is 2.22. The van der Waals surface area contributed by atoms with Gasteiger partial charge in [0.25, 0.3) is 0 Å². The minimum Gasteiger partial charge on any atom is -0.391 e.